The zero-order chi connectivity index (χ0) is 22.9. The Kier molecular flexibility index (Phi) is 5.68. The summed E-state index contributed by atoms with van der Waals surface area (Å²) in [7, 11) is 0. The Balaban J connectivity index is 1.53. The summed E-state index contributed by atoms with van der Waals surface area (Å²) in [6, 6.07) is 31.3. The summed E-state index contributed by atoms with van der Waals surface area (Å²) in [5.41, 5.74) is 13.3. The molecule has 0 fully saturated rings. The van der Waals surface area contributed by atoms with E-state index in [0.29, 0.717) is 0 Å². The fraction of sp³-hybridized carbons (Fsp3) is 0.226. The minimum absolute atomic E-state index is 0.940. The number of hydrogen-bond acceptors (Lipinski definition) is 2. The predicted octanol–water partition coefficient (Wildman–Crippen LogP) is 8.19. The van der Waals surface area contributed by atoms with Crippen LogP contribution in [0.1, 0.15) is 36.1 Å². The van der Waals surface area contributed by atoms with Crippen LogP contribution in [0.4, 0.5) is 22.7 Å². The Morgan fingerprint density at radius 3 is 1.94 bits per heavy atom. The molecule has 0 spiro atoms. The van der Waals surface area contributed by atoms with Gasteiger partial charge < -0.3 is 9.80 Å². The highest BCUT2D eigenvalue weighted by Gasteiger charge is 2.23. The summed E-state index contributed by atoms with van der Waals surface area (Å²) in [5.74, 6) is 0. The first kappa shape index (κ1) is 21.3. The van der Waals surface area contributed by atoms with Crippen LogP contribution in [0.25, 0.3) is 11.1 Å². The molecule has 0 amide bonds. The maximum atomic E-state index is 2.43. The summed E-state index contributed by atoms with van der Waals surface area (Å²) >= 11 is 0. The van der Waals surface area contributed by atoms with Crippen LogP contribution in [-0.4, -0.2) is 13.1 Å². The molecular formula is C31H32N2. The van der Waals surface area contributed by atoms with Gasteiger partial charge in [0.15, 0.2) is 0 Å². The molecule has 2 nitrogen and oxygen atoms in total. The van der Waals surface area contributed by atoms with Crippen molar-refractivity contribution in [2.75, 3.05) is 22.9 Å². The van der Waals surface area contributed by atoms with E-state index in [4.69, 9.17) is 0 Å². The van der Waals surface area contributed by atoms with Gasteiger partial charge in [0.05, 0.1) is 0 Å². The van der Waals surface area contributed by atoms with E-state index in [1.54, 1.807) is 0 Å². The maximum Gasteiger partial charge on any atom is 0.0443 e. The number of rotatable bonds is 6. The minimum Gasteiger partial charge on any atom is -0.342 e. The lowest BCUT2D eigenvalue weighted by Gasteiger charge is -2.26. The SMILES string of the molecule is CCN(c1ccccc1)c1ccc2c(c1)-c1cc(C)c(N(CC)c3ccc(C)cc3)cc1C2. The average Bonchev–Trinajstić information content (AvgIpc) is 3.19. The second-order valence-corrected chi connectivity index (χ2v) is 8.97. The molecule has 0 N–H and O–H groups in total. The molecule has 2 heteroatoms. The molecule has 0 radical (unpaired) electrons. The van der Waals surface area contributed by atoms with Gasteiger partial charge in [-0.1, -0.05) is 42.0 Å². The molecule has 33 heavy (non-hydrogen) atoms. The molecule has 166 valence electrons. The van der Waals surface area contributed by atoms with Crippen LogP contribution in [0.5, 0.6) is 0 Å². The molecule has 0 aliphatic heterocycles. The van der Waals surface area contributed by atoms with Crippen LogP contribution in [-0.2, 0) is 6.42 Å². The van der Waals surface area contributed by atoms with Crippen LogP contribution in [0.15, 0.2) is 84.9 Å². The molecule has 0 aromatic heterocycles. The standard InChI is InChI=1S/C31H32N2/c1-5-32(26-10-8-7-9-11-26)28-17-14-24-19-25-20-31(23(4)18-29(25)30(24)21-28)33(6-2)27-15-12-22(3)13-16-27/h7-18,20-21H,5-6,19H2,1-4H3. The van der Waals surface area contributed by atoms with Crippen molar-refractivity contribution in [1.82, 2.24) is 0 Å². The second-order valence-electron chi connectivity index (χ2n) is 8.97. The highest BCUT2D eigenvalue weighted by atomic mass is 15.1. The van der Waals surface area contributed by atoms with Gasteiger partial charge in [-0.3, -0.25) is 0 Å². The van der Waals surface area contributed by atoms with Crippen LogP contribution in [0, 0.1) is 13.8 Å². The van der Waals surface area contributed by atoms with Gasteiger partial charge in [-0.2, -0.15) is 0 Å². The molecule has 0 atom stereocenters. The van der Waals surface area contributed by atoms with Crippen LogP contribution in [0.3, 0.4) is 0 Å². The van der Waals surface area contributed by atoms with Crippen molar-refractivity contribution >= 4 is 22.7 Å². The molecule has 1 aliphatic carbocycles. The van der Waals surface area contributed by atoms with E-state index in [1.807, 2.05) is 0 Å². The average molecular weight is 433 g/mol. The first-order valence-corrected chi connectivity index (χ1v) is 12.0. The predicted molar refractivity (Wildman–Crippen MR) is 142 cm³/mol. The number of para-hydroxylation sites is 1. The summed E-state index contributed by atoms with van der Waals surface area (Å²) in [6.07, 6.45) is 1.00. The maximum absolute atomic E-state index is 2.43. The topological polar surface area (TPSA) is 6.48 Å². The number of hydrogen-bond donors (Lipinski definition) is 0. The fourth-order valence-electron chi connectivity index (χ4n) is 5.11. The fourth-order valence-corrected chi connectivity index (χ4v) is 5.11. The largest absolute Gasteiger partial charge is 0.342 e. The minimum atomic E-state index is 0.940. The van der Waals surface area contributed by atoms with E-state index in [0.717, 1.165) is 19.5 Å². The van der Waals surface area contributed by atoms with E-state index in [2.05, 4.69) is 122 Å². The van der Waals surface area contributed by atoms with Crippen molar-refractivity contribution in [3.8, 4) is 11.1 Å². The highest BCUT2D eigenvalue weighted by Crippen LogP contribution is 2.43. The Labute approximate surface area is 198 Å². The number of nitrogens with zero attached hydrogens (tertiary/aromatic N) is 2. The third-order valence-corrected chi connectivity index (χ3v) is 6.83. The molecule has 0 unspecified atom stereocenters. The number of anilines is 4. The molecule has 0 heterocycles. The molecular weight excluding hydrogens is 400 g/mol. The smallest absolute Gasteiger partial charge is 0.0443 e. The van der Waals surface area contributed by atoms with Gasteiger partial charge in [-0.25, -0.2) is 0 Å². The quantitative estimate of drug-likeness (QED) is 0.267. The third kappa shape index (κ3) is 3.91. The molecule has 4 aromatic rings. The Hall–Kier alpha value is -3.52. The van der Waals surface area contributed by atoms with Crippen molar-refractivity contribution in [2.45, 2.75) is 34.1 Å². The summed E-state index contributed by atoms with van der Waals surface area (Å²) in [5, 5.41) is 0. The van der Waals surface area contributed by atoms with Crippen LogP contribution in [0.2, 0.25) is 0 Å². The monoisotopic (exact) mass is 432 g/mol. The van der Waals surface area contributed by atoms with Crippen molar-refractivity contribution in [3.63, 3.8) is 0 Å². The van der Waals surface area contributed by atoms with Crippen molar-refractivity contribution < 1.29 is 0 Å². The van der Waals surface area contributed by atoms with Crippen molar-refractivity contribution in [1.29, 1.82) is 0 Å². The lowest BCUT2D eigenvalue weighted by molar-refractivity contribution is 1.01. The normalized spacial score (nSPS) is 11.8. The van der Waals surface area contributed by atoms with Gasteiger partial charge in [0.1, 0.15) is 0 Å². The van der Waals surface area contributed by atoms with Gasteiger partial charge in [-0.15, -0.1) is 0 Å². The first-order chi connectivity index (χ1) is 16.1. The zero-order valence-electron chi connectivity index (χ0n) is 20.1. The lowest BCUT2D eigenvalue weighted by Crippen LogP contribution is -2.17. The van der Waals surface area contributed by atoms with E-state index in [-0.39, 0.29) is 0 Å². The van der Waals surface area contributed by atoms with Gasteiger partial charge in [0.25, 0.3) is 0 Å². The second kappa shape index (κ2) is 8.78. The van der Waals surface area contributed by atoms with Crippen molar-refractivity contribution in [3.05, 3.63) is 107 Å². The Morgan fingerprint density at radius 2 is 1.24 bits per heavy atom. The van der Waals surface area contributed by atoms with Gasteiger partial charge >= 0.3 is 0 Å². The van der Waals surface area contributed by atoms with Crippen molar-refractivity contribution in [2.24, 2.45) is 0 Å². The number of benzene rings is 4. The van der Waals surface area contributed by atoms with Crippen LogP contribution >= 0.6 is 0 Å². The molecule has 0 saturated carbocycles. The van der Waals surface area contributed by atoms with Crippen LogP contribution < -0.4 is 9.80 Å². The molecule has 0 bridgehead atoms. The van der Waals surface area contributed by atoms with E-state index in [1.165, 1.54) is 56.1 Å². The van der Waals surface area contributed by atoms with E-state index < -0.39 is 0 Å². The Bertz CT molecular complexity index is 1270. The third-order valence-electron chi connectivity index (χ3n) is 6.83. The summed E-state index contributed by atoms with van der Waals surface area (Å²) in [4.78, 5) is 4.81. The highest BCUT2D eigenvalue weighted by molar-refractivity contribution is 5.84. The van der Waals surface area contributed by atoms with E-state index >= 15 is 0 Å². The molecule has 4 aromatic carbocycles. The number of aryl methyl sites for hydroxylation is 2. The van der Waals surface area contributed by atoms with Gasteiger partial charge in [0, 0.05) is 35.8 Å². The van der Waals surface area contributed by atoms with Gasteiger partial charge in [-0.05, 0) is 110 Å². The van der Waals surface area contributed by atoms with Gasteiger partial charge in [0.2, 0.25) is 0 Å². The molecule has 5 rings (SSSR count). The summed E-state index contributed by atoms with van der Waals surface area (Å²) in [6.45, 7) is 10.7. The summed E-state index contributed by atoms with van der Waals surface area (Å²) < 4.78 is 0. The van der Waals surface area contributed by atoms with E-state index in [9.17, 15) is 0 Å². The molecule has 1 aliphatic rings. The zero-order valence-corrected chi connectivity index (χ0v) is 20.1. The lowest BCUT2D eigenvalue weighted by atomic mass is 10.0. The number of fused-ring (bicyclic) bond motifs is 3. The Morgan fingerprint density at radius 1 is 0.606 bits per heavy atom. The molecule has 0 saturated heterocycles. The first-order valence-electron chi connectivity index (χ1n) is 12.0.